The SMILES string of the molecule is CC1(C)OC(=O)CCC2(O)C3CC[C@@]4(C)COC(=O)C5OC54C3CC(=O)C12. The monoisotopic (exact) mass is 378 g/mol. The Balaban J connectivity index is 1.60. The van der Waals surface area contributed by atoms with Crippen molar-refractivity contribution in [2.45, 2.75) is 75.8 Å². The maximum Gasteiger partial charge on any atom is 0.338 e. The van der Waals surface area contributed by atoms with Crippen molar-refractivity contribution < 1.29 is 33.7 Å². The van der Waals surface area contributed by atoms with Crippen molar-refractivity contribution in [1.29, 1.82) is 0 Å². The van der Waals surface area contributed by atoms with Crippen LogP contribution in [0.1, 0.15) is 52.9 Å². The van der Waals surface area contributed by atoms with Crippen LogP contribution in [0.15, 0.2) is 0 Å². The molecule has 5 fully saturated rings. The summed E-state index contributed by atoms with van der Waals surface area (Å²) in [6, 6.07) is 0. The number of esters is 2. The van der Waals surface area contributed by atoms with E-state index in [1.807, 2.05) is 0 Å². The maximum absolute atomic E-state index is 13.3. The van der Waals surface area contributed by atoms with E-state index in [4.69, 9.17) is 14.2 Å². The quantitative estimate of drug-likeness (QED) is 0.498. The van der Waals surface area contributed by atoms with E-state index in [2.05, 4.69) is 6.92 Å². The lowest BCUT2D eigenvalue weighted by atomic mass is 9.47. The van der Waals surface area contributed by atoms with Crippen LogP contribution in [0.4, 0.5) is 0 Å². The molecule has 2 aliphatic carbocycles. The molecule has 2 saturated carbocycles. The molecular formula is C20H26O7. The van der Waals surface area contributed by atoms with Gasteiger partial charge >= 0.3 is 11.9 Å². The third-order valence-electron chi connectivity index (χ3n) is 8.07. The number of hydrogen-bond acceptors (Lipinski definition) is 7. The highest BCUT2D eigenvalue weighted by atomic mass is 16.7. The molecule has 0 aromatic rings. The van der Waals surface area contributed by atoms with Crippen LogP contribution in [-0.4, -0.2) is 52.3 Å². The van der Waals surface area contributed by atoms with Gasteiger partial charge in [-0.15, -0.1) is 0 Å². The molecule has 7 heteroatoms. The number of aliphatic hydroxyl groups is 1. The molecule has 0 amide bonds. The number of carbonyl (C=O) groups excluding carboxylic acids is 3. The minimum absolute atomic E-state index is 0.0868. The Morgan fingerprint density at radius 3 is 2.56 bits per heavy atom. The molecule has 3 saturated heterocycles. The van der Waals surface area contributed by atoms with Crippen molar-refractivity contribution in [2.24, 2.45) is 23.2 Å². The first-order chi connectivity index (χ1) is 12.6. The Bertz CT molecular complexity index is 759. The van der Waals surface area contributed by atoms with Crippen molar-refractivity contribution in [3.05, 3.63) is 0 Å². The molecule has 0 bridgehead atoms. The van der Waals surface area contributed by atoms with Crippen LogP contribution in [0.25, 0.3) is 0 Å². The van der Waals surface area contributed by atoms with Crippen LogP contribution < -0.4 is 0 Å². The van der Waals surface area contributed by atoms with Gasteiger partial charge in [-0.25, -0.2) is 4.79 Å². The largest absolute Gasteiger partial charge is 0.463 e. The molecule has 3 heterocycles. The second-order valence-electron chi connectivity index (χ2n) is 9.88. The Labute approximate surface area is 157 Å². The van der Waals surface area contributed by atoms with Gasteiger partial charge < -0.3 is 19.3 Å². The van der Waals surface area contributed by atoms with Crippen LogP contribution in [-0.2, 0) is 28.6 Å². The normalized spacial score (nSPS) is 53.0. The number of Topliss-reactive ketones (excluding diaryl/α,β-unsaturated/α-hetero) is 1. The summed E-state index contributed by atoms with van der Waals surface area (Å²) in [5.41, 5.74) is -3.46. The van der Waals surface area contributed by atoms with Crippen LogP contribution in [0.2, 0.25) is 0 Å². The summed E-state index contributed by atoms with van der Waals surface area (Å²) < 4.78 is 16.9. The van der Waals surface area contributed by atoms with Gasteiger partial charge in [0.1, 0.15) is 17.0 Å². The first kappa shape index (κ1) is 17.6. The fourth-order valence-corrected chi connectivity index (χ4v) is 6.98. The molecule has 1 spiro atoms. The first-order valence-electron chi connectivity index (χ1n) is 9.87. The smallest absolute Gasteiger partial charge is 0.338 e. The van der Waals surface area contributed by atoms with Gasteiger partial charge in [-0.05, 0) is 39.0 Å². The van der Waals surface area contributed by atoms with E-state index in [0.29, 0.717) is 6.42 Å². The summed E-state index contributed by atoms with van der Waals surface area (Å²) in [6.45, 7) is 5.77. The fourth-order valence-electron chi connectivity index (χ4n) is 6.98. The molecule has 7 atom stereocenters. The van der Waals surface area contributed by atoms with E-state index < -0.39 is 28.8 Å². The molecule has 7 nitrogen and oxygen atoms in total. The summed E-state index contributed by atoms with van der Waals surface area (Å²) in [5, 5.41) is 11.8. The molecule has 6 unspecified atom stereocenters. The molecule has 0 aromatic carbocycles. The molecule has 5 aliphatic rings. The number of rotatable bonds is 0. The fraction of sp³-hybridized carbons (Fsp3) is 0.850. The number of hydrogen-bond donors (Lipinski definition) is 1. The third kappa shape index (κ3) is 1.97. The van der Waals surface area contributed by atoms with Gasteiger partial charge in [0.2, 0.25) is 0 Å². The predicted octanol–water partition coefficient (Wildman–Crippen LogP) is 1.15. The van der Waals surface area contributed by atoms with Crippen LogP contribution in [0, 0.1) is 23.2 Å². The lowest BCUT2D eigenvalue weighted by Gasteiger charge is -2.58. The second-order valence-corrected chi connectivity index (χ2v) is 9.88. The average molecular weight is 378 g/mol. The lowest BCUT2D eigenvalue weighted by Crippen LogP contribution is -2.68. The van der Waals surface area contributed by atoms with Gasteiger partial charge in [0.25, 0.3) is 0 Å². The molecular weight excluding hydrogens is 352 g/mol. The molecule has 148 valence electrons. The van der Waals surface area contributed by atoms with Gasteiger partial charge in [0, 0.05) is 24.2 Å². The van der Waals surface area contributed by atoms with Gasteiger partial charge in [-0.3, -0.25) is 9.59 Å². The highest BCUT2D eigenvalue weighted by Crippen LogP contribution is 2.69. The van der Waals surface area contributed by atoms with Crippen molar-refractivity contribution in [1.82, 2.24) is 0 Å². The zero-order valence-electron chi connectivity index (χ0n) is 15.9. The minimum Gasteiger partial charge on any atom is -0.463 e. The van der Waals surface area contributed by atoms with E-state index in [1.165, 1.54) is 0 Å². The second kappa shape index (κ2) is 4.92. The summed E-state index contributed by atoms with van der Waals surface area (Å²) in [4.78, 5) is 37.6. The molecule has 1 N–H and O–H groups in total. The number of cyclic esters (lactones) is 2. The zero-order chi connectivity index (χ0) is 19.4. The average Bonchev–Trinajstić information content (AvgIpc) is 3.33. The molecule has 0 aromatic heterocycles. The predicted molar refractivity (Wildman–Crippen MR) is 90.4 cm³/mol. The van der Waals surface area contributed by atoms with Crippen molar-refractivity contribution in [3.8, 4) is 0 Å². The topological polar surface area (TPSA) is 102 Å². The Kier molecular flexibility index (Phi) is 3.21. The Morgan fingerprint density at radius 1 is 1.07 bits per heavy atom. The number of carbonyl (C=O) groups is 3. The third-order valence-corrected chi connectivity index (χ3v) is 8.07. The molecule has 3 aliphatic heterocycles. The standard InChI is InChI=1S/C20H26O7/c1-17(2)14-12(21)8-11-10(19(14,24)7-5-13(22)26-17)4-6-18(3)9-25-16(23)15-20(11,18)27-15/h10-11,14-15,24H,4-9H2,1-3H3/t10?,11?,14?,15?,18-,19?,20?/m0/s1. The zero-order valence-corrected chi connectivity index (χ0v) is 15.9. The van der Waals surface area contributed by atoms with Crippen LogP contribution in [0.3, 0.4) is 0 Å². The highest BCUT2D eigenvalue weighted by molar-refractivity contribution is 5.87. The Morgan fingerprint density at radius 2 is 1.81 bits per heavy atom. The number of fused-ring (bicyclic) bond motifs is 3. The van der Waals surface area contributed by atoms with Gasteiger partial charge in [0.15, 0.2) is 6.10 Å². The summed E-state index contributed by atoms with van der Waals surface area (Å²) >= 11 is 0. The van der Waals surface area contributed by atoms with Crippen LogP contribution >= 0.6 is 0 Å². The minimum atomic E-state index is -1.33. The van der Waals surface area contributed by atoms with E-state index in [9.17, 15) is 19.5 Å². The van der Waals surface area contributed by atoms with Gasteiger partial charge in [-0.1, -0.05) is 6.92 Å². The van der Waals surface area contributed by atoms with Crippen molar-refractivity contribution in [2.75, 3.05) is 6.61 Å². The van der Waals surface area contributed by atoms with Gasteiger partial charge in [0.05, 0.1) is 18.1 Å². The van der Waals surface area contributed by atoms with Crippen molar-refractivity contribution >= 4 is 17.7 Å². The van der Waals surface area contributed by atoms with Crippen LogP contribution in [0.5, 0.6) is 0 Å². The molecule has 0 radical (unpaired) electrons. The van der Waals surface area contributed by atoms with E-state index in [0.717, 1.165) is 6.42 Å². The summed E-state index contributed by atoms with van der Waals surface area (Å²) in [6.07, 6.45) is 1.34. The highest BCUT2D eigenvalue weighted by Gasteiger charge is 2.81. The van der Waals surface area contributed by atoms with E-state index >= 15 is 0 Å². The number of ether oxygens (including phenoxy) is 3. The van der Waals surface area contributed by atoms with E-state index in [-0.39, 0.29) is 60.8 Å². The van der Waals surface area contributed by atoms with Crippen molar-refractivity contribution in [3.63, 3.8) is 0 Å². The maximum atomic E-state index is 13.3. The summed E-state index contributed by atoms with van der Waals surface area (Å²) in [5.74, 6) is -2.07. The van der Waals surface area contributed by atoms with E-state index in [1.54, 1.807) is 13.8 Å². The lowest BCUT2D eigenvalue weighted by molar-refractivity contribution is -0.209. The number of epoxide rings is 1. The number of ketones is 1. The first-order valence-corrected chi connectivity index (χ1v) is 9.87. The summed E-state index contributed by atoms with van der Waals surface area (Å²) in [7, 11) is 0. The van der Waals surface area contributed by atoms with Gasteiger partial charge in [-0.2, -0.15) is 0 Å². The molecule has 27 heavy (non-hydrogen) atoms. The Hall–Kier alpha value is -1.47. The molecule has 5 rings (SSSR count).